The number of carbonyl (C=O) groups excluding carboxylic acids is 1. The van der Waals surface area contributed by atoms with Crippen molar-refractivity contribution in [3.8, 4) is 0 Å². The van der Waals surface area contributed by atoms with Crippen molar-refractivity contribution in [1.29, 1.82) is 0 Å². The van der Waals surface area contributed by atoms with Crippen molar-refractivity contribution in [2.24, 2.45) is 5.92 Å². The molecule has 1 aromatic heterocycles. The summed E-state index contributed by atoms with van der Waals surface area (Å²) in [6, 6.07) is 4.46. The van der Waals surface area contributed by atoms with E-state index in [9.17, 15) is 4.79 Å². The van der Waals surface area contributed by atoms with Crippen LogP contribution in [0.1, 0.15) is 30.5 Å². The minimum absolute atomic E-state index is 0.162. The second kappa shape index (κ2) is 8.03. The number of fused-ring (bicyclic) bond motifs is 1. The third kappa shape index (κ3) is 3.92. The molecule has 0 radical (unpaired) electrons. The molecule has 142 valence electrons. The standard InChI is InChI=1S/C20H30N4O2/c1-15-3-2-6-21-18(15)14-23-8-10-24(11-9-23)20(25)16-4-5-19-17(13-16)22-7-12-26-19/h2-3,6,16-17,19,22H,4-5,7-14H2,1H3/t16-,17+,19+/m0/s1. The maximum atomic E-state index is 13.0. The minimum Gasteiger partial charge on any atom is -0.375 e. The normalized spacial score (nSPS) is 30.0. The Balaban J connectivity index is 1.28. The van der Waals surface area contributed by atoms with Crippen molar-refractivity contribution in [3.05, 3.63) is 29.6 Å². The van der Waals surface area contributed by atoms with Crippen LogP contribution in [0.3, 0.4) is 0 Å². The summed E-state index contributed by atoms with van der Waals surface area (Å²) < 4.78 is 5.84. The molecular formula is C20H30N4O2. The number of aromatic nitrogens is 1. The highest BCUT2D eigenvalue weighted by atomic mass is 16.5. The Hall–Kier alpha value is -1.50. The summed E-state index contributed by atoms with van der Waals surface area (Å²) in [4.78, 5) is 22.0. The van der Waals surface area contributed by atoms with Crippen molar-refractivity contribution in [2.45, 2.75) is 44.9 Å². The number of hydrogen-bond donors (Lipinski definition) is 1. The molecule has 0 bridgehead atoms. The summed E-state index contributed by atoms with van der Waals surface area (Å²) in [7, 11) is 0. The van der Waals surface area contributed by atoms with Gasteiger partial charge in [-0.05, 0) is 37.8 Å². The number of ether oxygens (including phenoxy) is 1. The summed E-state index contributed by atoms with van der Waals surface area (Å²) in [5.41, 5.74) is 2.39. The number of nitrogens with zero attached hydrogens (tertiary/aromatic N) is 3. The average molecular weight is 358 g/mol. The zero-order valence-corrected chi connectivity index (χ0v) is 15.7. The summed E-state index contributed by atoms with van der Waals surface area (Å²) in [6.07, 6.45) is 5.08. The Morgan fingerprint density at radius 3 is 2.96 bits per heavy atom. The smallest absolute Gasteiger partial charge is 0.225 e. The van der Waals surface area contributed by atoms with Gasteiger partial charge in [-0.25, -0.2) is 0 Å². The van der Waals surface area contributed by atoms with E-state index in [2.05, 4.69) is 33.1 Å². The summed E-state index contributed by atoms with van der Waals surface area (Å²) >= 11 is 0. The number of amides is 1. The van der Waals surface area contributed by atoms with Crippen LogP contribution in [0, 0.1) is 12.8 Å². The van der Waals surface area contributed by atoms with Gasteiger partial charge in [-0.15, -0.1) is 0 Å². The van der Waals surface area contributed by atoms with Crippen LogP contribution in [-0.4, -0.2) is 72.2 Å². The highest BCUT2D eigenvalue weighted by Crippen LogP contribution is 2.30. The van der Waals surface area contributed by atoms with E-state index >= 15 is 0 Å². The third-order valence-corrected chi connectivity index (χ3v) is 6.15. The lowest BCUT2D eigenvalue weighted by Gasteiger charge is -2.42. The second-order valence-corrected chi connectivity index (χ2v) is 7.85. The Kier molecular flexibility index (Phi) is 5.52. The molecule has 3 heterocycles. The SMILES string of the molecule is Cc1cccnc1CN1CCN(C(=O)[C@H]2CC[C@H]3OCCN[C@@H]3C2)CC1. The zero-order chi connectivity index (χ0) is 17.9. The molecule has 4 rings (SSSR count). The number of carbonyl (C=O) groups is 1. The van der Waals surface area contributed by atoms with Crippen LogP contribution in [0.25, 0.3) is 0 Å². The van der Waals surface area contributed by atoms with Crippen LogP contribution >= 0.6 is 0 Å². The lowest BCUT2D eigenvalue weighted by Crippen LogP contribution is -2.55. The van der Waals surface area contributed by atoms with Gasteiger partial charge >= 0.3 is 0 Å². The molecule has 0 spiro atoms. The van der Waals surface area contributed by atoms with E-state index in [4.69, 9.17) is 4.74 Å². The molecule has 1 aromatic rings. The van der Waals surface area contributed by atoms with Gasteiger partial charge in [0.15, 0.2) is 0 Å². The van der Waals surface area contributed by atoms with E-state index in [-0.39, 0.29) is 5.92 Å². The van der Waals surface area contributed by atoms with Crippen molar-refractivity contribution >= 4 is 5.91 Å². The van der Waals surface area contributed by atoms with Crippen LogP contribution in [-0.2, 0) is 16.1 Å². The van der Waals surface area contributed by atoms with Crippen molar-refractivity contribution in [1.82, 2.24) is 20.1 Å². The van der Waals surface area contributed by atoms with E-state index in [0.717, 1.165) is 70.8 Å². The fraction of sp³-hybridized carbons (Fsp3) is 0.700. The van der Waals surface area contributed by atoms with Crippen LogP contribution in [0.5, 0.6) is 0 Å². The molecule has 0 unspecified atom stereocenters. The van der Waals surface area contributed by atoms with Gasteiger partial charge in [0, 0.05) is 57.4 Å². The van der Waals surface area contributed by atoms with Gasteiger partial charge in [0.1, 0.15) is 0 Å². The quantitative estimate of drug-likeness (QED) is 0.880. The zero-order valence-electron chi connectivity index (χ0n) is 15.7. The molecule has 1 saturated carbocycles. The maximum absolute atomic E-state index is 13.0. The fourth-order valence-electron chi connectivity index (χ4n) is 4.52. The number of nitrogens with one attached hydrogen (secondary N) is 1. The van der Waals surface area contributed by atoms with Gasteiger partial charge in [0.05, 0.1) is 18.4 Å². The molecule has 1 aliphatic carbocycles. The first-order valence-corrected chi connectivity index (χ1v) is 9.97. The van der Waals surface area contributed by atoms with E-state index in [1.54, 1.807) is 0 Å². The van der Waals surface area contributed by atoms with E-state index in [0.29, 0.717) is 18.1 Å². The molecule has 1 N–H and O–H groups in total. The van der Waals surface area contributed by atoms with Crippen molar-refractivity contribution < 1.29 is 9.53 Å². The maximum Gasteiger partial charge on any atom is 0.225 e. The minimum atomic E-state index is 0.162. The molecule has 3 fully saturated rings. The molecule has 2 saturated heterocycles. The van der Waals surface area contributed by atoms with Crippen molar-refractivity contribution in [3.63, 3.8) is 0 Å². The second-order valence-electron chi connectivity index (χ2n) is 7.85. The Labute approximate surface area is 155 Å². The Morgan fingerprint density at radius 1 is 1.31 bits per heavy atom. The molecule has 3 atom stereocenters. The van der Waals surface area contributed by atoms with Crippen LogP contribution in [0.15, 0.2) is 18.3 Å². The van der Waals surface area contributed by atoms with Gasteiger partial charge in [-0.3, -0.25) is 14.7 Å². The average Bonchev–Trinajstić information content (AvgIpc) is 2.69. The third-order valence-electron chi connectivity index (χ3n) is 6.15. The Bertz CT molecular complexity index is 630. The highest BCUT2D eigenvalue weighted by molar-refractivity contribution is 5.79. The molecule has 26 heavy (non-hydrogen) atoms. The first-order chi connectivity index (χ1) is 12.7. The number of hydrogen-bond acceptors (Lipinski definition) is 5. The lowest BCUT2D eigenvalue weighted by molar-refractivity contribution is -0.140. The van der Waals surface area contributed by atoms with Gasteiger partial charge in [0.25, 0.3) is 0 Å². The first-order valence-electron chi connectivity index (χ1n) is 9.97. The number of pyridine rings is 1. The molecule has 0 aromatic carbocycles. The molecule has 2 aliphatic heterocycles. The number of rotatable bonds is 3. The lowest BCUT2D eigenvalue weighted by atomic mass is 9.82. The highest BCUT2D eigenvalue weighted by Gasteiger charge is 2.37. The fourth-order valence-corrected chi connectivity index (χ4v) is 4.52. The Morgan fingerprint density at radius 2 is 2.15 bits per heavy atom. The summed E-state index contributed by atoms with van der Waals surface area (Å²) in [5, 5.41) is 3.54. The van der Waals surface area contributed by atoms with Gasteiger partial charge in [-0.1, -0.05) is 6.07 Å². The first kappa shape index (κ1) is 17.9. The van der Waals surface area contributed by atoms with Crippen LogP contribution in [0.2, 0.25) is 0 Å². The van der Waals surface area contributed by atoms with E-state index in [1.165, 1.54) is 5.56 Å². The van der Waals surface area contributed by atoms with Gasteiger partial charge in [0.2, 0.25) is 5.91 Å². The molecule has 6 nitrogen and oxygen atoms in total. The predicted molar refractivity (Wildman–Crippen MR) is 99.7 cm³/mol. The van der Waals surface area contributed by atoms with E-state index in [1.807, 2.05) is 12.3 Å². The van der Waals surface area contributed by atoms with Gasteiger partial charge < -0.3 is 15.0 Å². The monoisotopic (exact) mass is 358 g/mol. The topological polar surface area (TPSA) is 57.7 Å². The largest absolute Gasteiger partial charge is 0.375 e. The molecule has 6 heteroatoms. The number of morpholine rings is 1. The molecule has 1 amide bonds. The van der Waals surface area contributed by atoms with Crippen molar-refractivity contribution in [2.75, 3.05) is 39.3 Å². The molecule has 3 aliphatic rings. The number of piperazine rings is 1. The molecular weight excluding hydrogens is 328 g/mol. The van der Waals surface area contributed by atoms with Gasteiger partial charge in [-0.2, -0.15) is 0 Å². The van der Waals surface area contributed by atoms with Crippen LogP contribution < -0.4 is 5.32 Å². The predicted octanol–water partition coefficient (Wildman–Crippen LogP) is 1.19. The van der Waals surface area contributed by atoms with Crippen LogP contribution in [0.4, 0.5) is 0 Å². The summed E-state index contributed by atoms with van der Waals surface area (Å²) in [6.45, 7) is 8.23. The van der Waals surface area contributed by atoms with E-state index < -0.39 is 0 Å². The number of aryl methyl sites for hydroxylation is 1. The summed E-state index contributed by atoms with van der Waals surface area (Å²) in [5.74, 6) is 0.513.